The van der Waals surface area contributed by atoms with Gasteiger partial charge >= 0.3 is 0 Å². The van der Waals surface area contributed by atoms with Crippen molar-refractivity contribution in [2.75, 3.05) is 11.9 Å². The van der Waals surface area contributed by atoms with Crippen molar-refractivity contribution in [2.45, 2.75) is 91.4 Å². The van der Waals surface area contributed by atoms with Crippen LogP contribution in [0.15, 0.2) is 165 Å². The van der Waals surface area contributed by atoms with Gasteiger partial charge in [-0.2, -0.15) is 0 Å². The molecular weight excluding hydrogens is 783 g/mol. The van der Waals surface area contributed by atoms with Crippen molar-refractivity contribution in [3.63, 3.8) is 0 Å². The van der Waals surface area contributed by atoms with Crippen molar-refractivity contribution in [3.05, 3.63) is 225 Å². The van der Waals surface area contributed by atoms with E-state index in [1.807, 2.05) is 13.8 Å². The van der Waals surface area contributed by atoms with Gasteiger partial charge in [-0.05, 0) is 144 Å². The van der Waals surface area contributed by atoms with E-state index in [-0.39, 0.29) is 11.3 Å². The van der Waals surface area contributed by atoms with E-state index in [0.29, 0.717) is 0 Å². The fourth-order valence-corrected chi connectivity index (χ4v) is 9.67. The first-order valence-electron chi connectivity index (χ1n) is 23.8. The van der Waals surface area contributed by atoms with Crippen molar-refractivity contribution >= 4 is 47.2 Å². The molecule has 2 atom stereocenters. The van der Waals surface area contributed by atoms with Gasteiger partial charge in [0.25, 0.3) is 0 Å². The lowest BCUT2D eigenvalue weighted by molar-refractivity contribution is 0.597. The van der Waals surface area contributed by atoms with Crippen molar-refractivity contribution < 1.29 is 0 Å². The van der Waals surface area contributed by atoms with Crippen molar-refractivity contribution in [1.82, 2.24) is 0 Å². The van der Waals surface area contributed by atoms with E-state index in [4.69, 9.17) is 6.42 Å². The summed E-state index contributed by atoms with van der Waals surface area (Å²) in [7, 11) is 2.18. The van der Waals surface area contributed by atoms with E-state index >= 15 is 0 Å². The lowest BCUT2D eigenvalue weighted by atomic mass is 9.73. The Kier molecular flexibility index (Phi) is 17.2. The standard InChI is InChI=1S/C41H41N.C19H18.C2H6.C2H4/c1-30(29-42(3)41-24-11-19-35-18-8-9-20-39(35)41)27-36(38-22-12-21-37-31(2)13-10-23-40(37)38)28-32-14-4-5-15-33-16-6-7-17-34(33)26-25-32;1-3-15-11-12-18(17-10-6-5-9-16(15)17)19(2)13-7-4-8-14-19;2*1-2/h4-7,9,11-12,14-17,19-27,29,32H,8,10,13,18,28H2,1-3H3;1,4,6-8,10-13H,5,9,14H2,2H3;1-2H3;1-2H2/b14-4+,15-5+,26-25-,30-29+,36-27+;;;. The summed E-state index contributed by atoms with van der Waals surface area (Å²) in [6.07, 6.45) is 53.0. The molecule has 4 aromatic carbocycles. The highest BCUT2D eigenvalue weighted by molar-refractivity contribution is 5.75. The van der Waals surface area contributed by atoms with Gasteiger partial charge in [-0.1, -0.05) is 190 Å². The van der Waals surface area contributed by atoms with Crippen molar-refractivity contribution in [3.8, 4) is 12.3 Å². The zero-order valence-electron chi connectivity index (χ0n) is 39.9. The van der Waals surface area contributed by atoms with E-state index in [0.717, 1.165) is 56.9 Å². The van der Waals surface area contributed by atoms with Gasteiger partial charge in [0.05, 0.1) is 0 Å². The molecule has 0 aromatic heterocycles. The molecule has 4 aromatic rings. The minimum Gasteiger partial charge on any atom is -0.350 e. The maximum Gasteiger partial charge on any atom is 0.0479 e. The fraction of sp³-hybridized carbons (Fsp3) is 0.250. The molecule has 0 spiro atoms. The van der Waals surface area contributed by atoms with Crippen molar-refractivity contribution in [1.29, 1.82) is 0 Å². The zero-order chi connectivity index (χ0) is 46.2. The zero-order valence-corrected chi connectivity index (χ0v) is 39.9. The highest BCUT2D eigenvalue weighted by Gasteiger charge is 2.28. The molecule has 2 unspecified atom stereocenters. The molecule has 0 bridgehead atoms. The molecule has 0 amide bonds. The van der Waals surface area contributed by atoms with E-state index in [2.05, 4.69) is 228 Å². The predicted molar refractivity (Wildman–Crippen MR) is 289 cm³/mol. The van der Waals surface area contributed by atoms with E-state index in [1.54, 1.807) is 0 Å². The van der Waals surface area contributed by atoms with Crippen LogP contribution in [0.4, 0.5) is 5.69 Å². The molecule has 5 aliphatic carbocycles. The number of benzene rings is 4. The summed E-state index contributed by atoms with van der Waals surface area (Å²) in [5, 5.41) is 2.81. The summed E-state index contributed by atoms with van der Waals surface area (Å²) >= 11 is 0. The summed E-state index contributed by atoms with van der Waals surface area (Å²) in [6.45, 7) is 16.8. The molecule has 9 rings (SSSR count). The first-order valence-corrected chi connectivity index (χ1v) is 23.8. The second-order valence-corrected chi connectivity index (χ2v) is 17.4. The number of hydrogen-bond donors (Lipinski definition) is 0. The summed E-state index contributed by atoms with van der Waals surface area (Å²) in [5.41, 5.74) is 17.3. The van der Waals surface area contributed by atoms with Crippen molar-refractivity contribution in [2.24, 2.45) is 5.92 Å². The number of hydrogen-bond acceptors (Lipinski definition) is 1. The molecular formula is C64H69N. The molecule has 1 heteroatoms. The molecule has 0 saturated carbocycles. The van der Waals surface area contributed by atoms with Gasteiger partial charge in [-0.25, -0.2) is 0 Å². The Hall–Kier alpha value is -6.62. The van der Waals surface area contributed by atoms with Gasteiger partial charge in [0.2, 0.25) is 0 Å². The normalized spacial score (nSPS) is 20.2. The van der Waals surface area contributed by atoms with Crippen LogP contribution in [-0.4, -0.2) is 7.05 Å². The Morgan fingerprint density at radius 1 is 0.785 bits per heavy atom. The smallest absolute Gasteiger partial charge is 0.0479 e. The lowest BCUT2D eigenvalue weighted by Gasteiger charge is -2.31. The quantitative estimate of drug-likeness (QED) is 0.102. The number of nitrogens with zero attached hydrogens (tertiary/aromatic N) is 1. The summed E-state index contributed by atoms with van der Waals surface area (Å²) in [5.74, 6) is 3.12. The Labute approximate surface area is 392 Å². The Bertz CT molecular complexity index is 2780. The van der Waals surface area contributed by atoms with Crippen LogP contribution in [0.3, 0.4) is 0 Å². The first kappa shape index (κ1) is 47.8. The molecule has 0 heterocycles. The van der Waals surface area contributed by atoms with Crippen LogP contribution < -0.4 is 15.3 Å². The number of terminal acetylenes is 1. The Morgan fingerprint density at radius 3 is 2.31 bits per heavy atom. The van der Waals surface area contributed by atoms with Crippen LogP contribution in [0.5, 0.6) is 0 Å². The third-order valence-corrected chi connectivity index (χ3v) is 12.9. The molecule has 0 saturated heterocycles. The predicted octanol–water partition coefficient (Wildman–Crippen LogP) is 15.3. The SMILES string of the molecule is C#Cc1ccc(C2(C)C=CC=CC2)c2c1CCC=C2.C=C.CC.CC1=c2cccc(/C(=C/C(C)=C/N(C)c3cccc4c3C=CCC4)CC3/C=C\c4ccccc4/C=C/C=C/3)c2=CCC1. The van der Waals surface area contributed by atoms with Gasteiger partial charge in [-0.15, -0.1) is 19.6 Å². The molecule has 1 nitrogen and oxygen atoms in total. The third-order valence-electron chi connectivity index (χ3n) is 12.9. The Morgan fingerprint density at radius 2 is 1.54 bits per heavy atom. The topological polar surface area (TPSA) is 3.24 Å². The minimum absolute atomic E-state index is 0.0909. The molecule has 0 radical (unpaired) electrons. The molecule has 65 heavy (non-hydrogen) atoms. The van der Waals surface area contributed by atoms with Gasteiger partial charge < -0.3 is 4.90 Å². The first-order chi connectivity index (χ1) is 31.8. The van der Waals surface area contributed by atoms with E-state index < -0.39 is 0 Å². The number of allylic oxidation sites excluding steroid dienone is 13. The average molecular weight is 852 g/mol. The van der Waals surface area contributed by atoms with Gasteiger partial charge in [-0.3, -0.25) is 0 Å². The maximum absolute atomic E-state index is 5.64. The number of fused-ring (bicyclic) bond motifs is 4. The molecule has 0 fully saturated rings. The van der Waals surface area contributed by atoms with Gasteiger partial charge in [0.1, 0.15) is 0 Å². The number of rotatable bonds is 7. The highest BCUT2D eigenvalue weighted by Crippen LogP contribution is 2.39. The monoisotopic (exact) mass is 852 g/mol. The second-order valence-electron chi connectivity index (χ2n) is 17.4. The number of anilines is 1. The summed E-state index contributed by atoms with van der Waals surface area (Å²) in [4.78, 5) is 2.30. The average Bonchev–Trinajstić information content (AvgIpc) is 3.45. The van der Waals surface area contributed by atoms with Crippen LogP contribution in [0.2, 0.25) is 0 Å². The van der Waals surface area contributed by atoms with Gasteiger partial charge in [0, 0.05) is 35.5 Å². The van der Waals surface area contributed by atoms with E-state index in [9.17, 15) is 0 Å². The highest BCUT2D eigenvalue weighted by atomic mass is 15.1. The minimum atomic E-state index is 0.0909. The summed E-state index contributed by atoms with van der Waals surface area (Å²) < 4.78 is 0. The largest absolute Gasteiger partial charge is 0.350 e. The molecule has 5 aliphatic rings. The summed E-state index contributed by atoms with van der Waals surface area (Å²) in [6, 6.07) is 26.5. The van der Waals surface area contributed by atoms with Crippen LogP contribution in [0.25, 0.3) is 41.5 Å². The third kappa shape index (κ3) is 11.6. The Balaban J connectivity index is 0.000000253. The molecule has 0 aliphatic heterocycles. The maximum atomic E-state index is 5.64. The van der Waals surface area contributed by atoms with Crippen LogP contribution >= 0.6 is 0 Å². The second kappa shape index (κ2) is 23.4. The number of aryl methyl sites for hydroxylation is 1. The molecule has 0 N–H and O–H groups in total. The van der Waals surface area contributed by atoms with Gasteiger partial charge in [0.15, 0.2) is 0 Å². The fourth-order valence-electron chi connectivity index (χ4n) is 9.67. The van der Waals surface area contributed by atoms with E-state index in [1.165, 1.54) is 77.4 Å². The lowest BCUT2D eigenvalue weighted by Crippen LogP contribution is -2.32. The van der Waals surface area contributed by atoms with Crippen LogP contribution in [0.1, 0.15) is 123 Å². The molecule has 330 valence electrons. The van der Waals surface area contributed by atoms with Crippen LogP contribution in [0, 0.1) is 18.3 Å². The van der Waals surface area contributed by atoms with Crippen LogP contribution in [-0.2, 0) is 18.3 Å².